The monoisotopic (exact) mass is 249 g/mol. The summed E-state index contributed by atoms with van der Waals surface area (Å²) < 4.78 is 0. The fraction of sp³-hybridized carbons (Fsp3) is 1.00. The molecule has 0 aromatic rings. The fourth-order valence-electron chi connectivity index (χ4n) is 5.83. The highest BCUT2D eigenvalue weighted by atomic mass is 16.3. The van der Waals surface area contributed by atoms with Crippen molar-refractivity contribution in [2.24, 2.45) is 23.7 Å². The number of rotatable bonds is 3. The fourth-order valence-corrected chi connectivity index (χ4v) is 5.83. The van der Waals surface area contributed by atoms with Crippen molar-refractivity contribution in [3.63, 3.8) is 0 Å². The minimum absolute atomic E-state index is 0.364. The van der Waals surface area contributed by atoms with Crippen LogP contribution in [0, 0.1) is 23.7 Å². The Labute approximate surface area is 111 Å². The van der Waals surface area contributed by atoms with Gasteiger partial charge < -0.3 is 10.4 Å². The normalized spacial score (nSPS) is 48.8. The molecule has 4 aliphatic carbocycles. The number of aliphatic hydroxyl groups is 1. The average molecular weight is 249 g/mol. The third-order valence-electron chi connectivity index (χ3n) is 6.66. The number of fused-ring (bicyclic) bond motifs is 5. The molecule has 0 saturated heterocycles. The second-order valence-electron chi connectivity index (χ2n) is 7.57. The largest absolute Gasteiger partial charge is 0.389 e. The molecular formula is C16H27NO. The van der Waals surface area contributed by atoms with Crippen LogP contribution in [0.2, 0.25) is 0 Å². The smallest absolute Gasteiger partial charge is 0.0771 e. The van der Waals surface area contributed by atoms with Crippen LogP contribution >= 0.6 is 0 Å². The first-order chi connectivity index (χ1) is 8.75. The zero-order valence-corrected chi connectivity index (χ0v) is 11.4. The van der Waals surface area contributed by atoms with Crippen molar-refractivity contribution in [1.82, 2.24) is 5.32 Å². The van der Waals surface area contributed by atoms with Crippen LogP contribution in [-0.4, -0.2) is 23.3 Å². The van der Waals surface area contributed by atoms with E-state index >= 15 is 0 Å². The van der Waals surface area contributed by atoms with Crippen molar-refractivity contribution in [2.75, 3.05) is 6.54 Å². The van der Waals surface area contributed by atoms with Crippen molar-refractivity contribution in [3.8, 4) is 0 Å². The first-order valence-electron chi connectivity index (χ1n) is 8.21. The van der Waals surface area contributed by atoms with E-state index in [1.54, 1.807) is 0 Å². The molecule has 4 saturated carbocycles. The van der Waals surface area contributed by atoms with Crippen LogP contribution in [-0.2, 0) is 0 Å². The van der Waals surface area contributed by atoms with Crippen molar-refractivity contribution in [3.05, 3.63) is 0 Å². The van der Waals surface area contributed by atoms with Crippen LogP contribution in [0.5, 0.6) is 0 Å². The molecule has 5 unspecified atom stereocenters. The van der Waals surface area contributed by atoms with Gasteiger partial charge in [0, 0.05) is 12.6 Å². The Balaban J connectivity index is 1.37. The van der Waals surface area contributed by atoms with Crippen LogP contribution in [0.1, 0.15) is 57.8 Å². The Morgan fingerprint density at radius 3 is 2.56 bits per heavy atom. The van der Waals surface area contributed by atoms with E-state index in [1.807, 2.05) is 0 Å². The summed E-state index contributed by atoms with van der Waals surface area (Å²) in [6.45, 7) is 0.859. The standard InChI is InChI=1S/C16H27NO/c18-16(6-1-2-7-16)10-17-15-9-11-8-14(15)13-5-3-4-12(11)13/h11-15,17-18H,1-10H2. The maximum absolute atomic E-state index is 10.4. The lowest BCUT2D eigenvalue weighted by Gasteiger charge is -2.34. The molecule has 0 spiro atoms. The molecule has 0 radical (unpaired) electrons. The van der Waals surface area contributed by atoms with Gasteiger partial charge in [-0.25, -0.2) is 0 Å². The molecule has 18 heavy (non-hydrogen) atoms. The topological polar surface area (TPSA) is 32.3 Å². The molecule has 4 aliphatic rings. The molecule has 4 rings (SSSR count). The second kappa shape index (κ2) is 4.21. The van der Waals surface area contributed by atoms with Gasteiger partial charge in [0.15, 0.2) is 0 Å². The highest BCUT2D eigenvalue weighted by Gasteiger charge is 2.53. The van der Waals surface area contributed by atoms with Crippen LogP contribution in [0.4, 0.5) is 0 Å². The van der Waals surface area contributed by atoms with E-state index in [0.29, 0.717) is 0 Å². The maximum Gasteiger partial charge on any atom is 0.0771 e. The molecule has 4 fully saturated rings. The van der Waals surface area contributed by atoms with Gasteiger partial charge in [0.1, 0.15) is 0 Å². The summed E-state index contributed by atoms with van der Waals surface area (Å²) in [7, 11) is 0. The van der Waals surface area contributed by atoms with Crippen LogP contribution in [0.25, 0.3) is 0 Å². The molecular weight excluding hydrogens is 222 g/mol. The molecule has 0 heterocycles. The van der Waals surface area contributed by atoms with Crippen LogP contribution < -0.4 is 5.32 Å². The van der Waals surface area contributed by atoms with Gasteiger partial charge in [-0.1, -0.05) is 19.3 Å². The molecule has 0 aromatic heterocycles. The molecule has 102 valence electrons. The zero-order chi connectivity index (χ0) is 12.2. The van der Waals surface area contributed by atoms with Gasteiger partial charge in [0.05, 0.1) is 5.60 Å². The van der Waals surface area contributed by atoms with E-state index in [9.17, 15) is 5.11 Å². The Bertz CT molecular complexity index is 323. The van der Waals surface area contributed by atoms with Gasteiger partial charge in [-0.15, -0.1) is 0 Å². The predicted octanol–water partition coefficient (Wildman–Crippen LogP) is 2.71. The van der Waals surface area contributed by atoms with Crippen molar-refractivity contribution in [2.45, 2.75) is 69.4 Å². The molecule has 2 heteroatoms. The van der Waals surface area contributed by atoms with Gasteiger partial charge >= 0.3 is 0 Å². The van der Waals surface area contributed by atoms with E-state index in [0.717, 1.165) is 49.1 Å². The van der Waals surface area contributed by atoms with Crippen molar-refractivity contribution < 1.29 is 5.11 Å². The van der Waals surface area contributed by atoms with Gasteiger partial charge in [0.25, 0.3) is 0 Å². The minimum atomic E-state index is -0.364. The summed E-state index contributed by atoms with van der Waals surface area (Å²) in [5, 5.41) is 14.2. The third kappa shape index (κ3) is 1.76. The van der Waals surface area contributed by atoms with E-state index in [1.165, 1.54) is 44.9 Å². The minimum Gasteiger partial charge on any atom is -0.389 e. The number of nitrogens with one attached hydrogen (secondary N) is 1. The molecule has 0 amide bonds. The molecule has 2 N–H and O–H groups in total. The third-order valence-corrected chi connectivity index (χ3v) is 6.66. The van der Waals surface area contributed by atoms with Crippen LogP contribution in [0.15, 0.2) is 0 Å². The summed E-state index contributed by atoms with van der Waals surface area (Å²) in [6, 6.07) is 0.735. The van der Waals surface area contributed by atoms with E-state index in [2.05, 4.69) is 5.32 Å². The predicted molar refractivity (Wildman–Crippen MR) is 72.3 cm³/mol. The first kappa shape index (κ1) is 11.7. The van der Waals surface area contributed by atoms with Gasteiger partial charge in [-0.05, 0) is 62.2 Å². The lowest BCUT2D eigenvalue weighted by molar-refractivity contribution is 0.0401. The summed E-state index contributed by atoms with van der Waals surface area (Å²) in [4.78, 5) is 0. The number of hydrogen-bond donors (Lipinski definition) is 2. The summed E-state index contributed by atoms with van der Waals surface area (Å²) in [6.07, 6.45) is 11.9. The highest BCUT2D eigenvalue weighted by Crippen LogP contribution is 2.58. The van der Waals surface area contributed by atoms with Crippen molar-refractivity contribution in [1.29, 1.82) is 0 Å². The average Bonchev–Trinajstić information content (AvgIpc) is 3.08. The quantitative estimate of drug-likeness (QED) is 0.806. The summed E-state index contributed by atoms with van der Waals surface area (Å²) >= 11 is 0. The first-order valence-corrected chi connectivity index (χ1v) is 8.21. The summed E-state index contributed by atoms with van der Waals surface area (Å²) in [5.41, 5.74) is -0.364. The molecule has 5 atom stereocenters. The van der Waals surface area contributed by atoms with E-state index in [-0.39, 0.29) is 5.60 Å². The van der Waals surface area contributed by atoms with Gasteiger partial charge in [-0.3, -0.25) is 0 Å². The molecule has 0 aromatic carbocycles. The molecule has 0 aliphatic heterocycles. The van der Waals surface area contributed by atoms with Gasteiger partial charge in [-0.2, -0.15) is 0 Å². The Hall–Kier alpha value is -0.0800. The SMILES string of the molecule is OC1(CNC2CC3CC2C2CCCC32)CCCC1. The highest BCUT2D eigenvalue weighted by molar-refractivity contribution is 5.06. The lowest BCUT2D eigenvalue weighted by Crippen LogP contribution is -2.46. The molecule has 2 nitrogen and oxygen atoms in total. The Morgan fingerprint density at radius 1 is 0.944 bits per heavy atom. The van der Waals surface area contributed by atoms with Crippen molar-refractivity contribution >= 4 is 0 Å². The lowest BCUT2D eigenvalue weighted by atomic mass is 9.79. The van der Waals surface area contributed by atoms with E-state index in [4.69, 9.17) is 0 Å². The molecule has 2 bridgehead atoms. The van der Waals surface area contributed by atoms with E-state index < -0.39 is 0 Å². The maximum atomic E-state index is 10.4. The van der Waals surface area contributed by atoms with Crippen LogP contribution in [0.3, 0.4) is 0 Å². The Morgan fingerprint density at radius 2 is 1.72 bits per heavy atom. The second-order valence-corrected chi connectivity index (χ2v) is 7.57. The Kier molecular flexibility index (Phi) is 2.74. The zero-order valence-electron chi connectivity index (χ0n) is 11.4. The van der Waals surface area contributed by atoms with Gasteiger partial charge in [0.2, 0.25) is 0 Å². The summed E-state index contributed by atoms with van der Waals surface area (Å²) in [5.74, 6) is 4.10. The number of hydrogen-bond acceptors (Lipinski definition) is 2.